The largest absolute Gasteiger partial charge is 0.464 e. The maximum atomic E-state index is 5.79. The van der Waals surface area contributed by atoms with Crippen molar-refractivity contribution in [1.29, 1.82) is 0 Å². The second kappa shape index (κ2) is 5.45. The topological polar surface area (TPSA) is 64.1 Å². The van der Waals surface area contributed by atoms with Crippen molar-refractivity contribution < 1.29 is 4.42 Å². The number of furan rings is 1. The fraction of sp³-hybridized carbons (Fsp3) is 0.188. The maximum absolute atomic E-state index is 5.79. The maximum Gasteiger partial charge on any atom is 0.126 e. The summed E-state index contributed by atoms with van der Waals surface area (Å²) in [5.41, 5.74) is 4.80. The molecule has 0 saturated carbocycles. The van der Waals surface area contributed by atoms with Crippen LogP contribution in [0.5, 0.6) is 0 Å². The number of hydrogen-bond donors (Lipinski definition) is 2. The molecule has 0 saturated heterocycles. The highest BCUT2D eigenvalue weighted by Crippen LogP contribution is 2.25. The van der Waals surface area contributed by atoms with E-state index >= 15 is 0 Å². The highest BCUT2D eigenvalue weighted by molar-refractivity contribution is 5.79. The average Bonchev–Trinajstić information content (AvgIpc) is 2.97. The van der Waals surface area contributed by atoms with E-state index in [-0.39, 0.29) is 6.04 Å². The molecule has 0 aliphatic heterocycles. The molecule has 3 N–H and O–H groups in total. The van der Waals surface area contributed by atoms with Gasteiger partial charge in [0.05, 0.1) is 5.52 Å². The predicted molar refractivity (Wildman–Crippen MR) is 79.0 cm³/mol. The van der Waals surface area contributed by atoms with Gasteiger partial charge in [-0.1, -0.05) is 25.1 Å². The Bertz CT molecular complexity index is 720. The number of nitrogens with two attached hydrogens (primary N) is 1. The van der Waals surface area contributed by atoms with E-state index in [0.29, 0.717) is 0 Å². The van der Waals surface area contributed by atoms with Crippen LogP contribution in [0.3, 0.4) is 0 Å². The monoisotopic (exact) mass is 267 g/mol. The second-order valence-corrected chi connectivity index (χ2v) is 4.71. The number of nitrogens with zero attached hydrogens (tertiary/aromatic N) is 1. The van der Waals surface area contributed by atoms with Crippen LogP contribution in [-0.4, -0.2) is 4.98 Å². The van der Waals surface area contributed by atoms with E-state index in [2.05, 4.69) is 17.3 Å². The molecule has 0 amide bonds. The highest BCUT2D eigenvalue weighted by Gasteiger charge is 2.16. The molecule has 0 bridgehead atoms. The number of aromatic nitrogens is 1. The van der Waals surface area contributed by atoms with Gasteiger partial charge in [0.15, 0.2) is 0 Å². The van der Waals surface area contributed by atoms with Crippen LogP contribution in [0.15, 0.2) is 53.1 Å². The number of nitrogens with one attached hydrogen (secondary N) is 1. The van der Waals surface area contributed by atoms with E-state index in [1.54, 1.807) is 6.20 Å². The minimum Gasteiger partial charge on any atom is -0.464 e. The normalized spacial score (nSPS) is 12.7. The summed E-state index contributed by atoms with van der Waals surface area (Å²) in [6.07, 6.45) is 2.66. The van der Waals surface area contributed by atoms with Crippen LogP contribution in [-0.2, 0) is 6.42 Å². The van der Waals surface area contributed by atoms with Crippen LogP contribution in [0, 0.1) is 0 Å². The first-order valence-electron chi connectivity index (χ1n) is 6.71. The van der Waals surface area contributed by atoms with Crippen LogP contribution in [0.2, 0.25) is 0 Å². The van der Waals surface area contributed by atoms with Crippen molar-refractivity contribution in [3.8, 4) is 0 Å². The summed E-state index contributed by atoms with van der Waals surface area (Å²) in [5, 5.41) is 1.11. The Kier molecular flexibility index (Phi) is 3.50. The molecule has 4 nitrogen and oxygen atoms in total. The predicted octanol–water partition coefficient (Wildman–Crippen LogP) is 2.94. The molecular formula is C16H17N3O. The lowest BCUT2D eigenvalue weighted by atomic mass is 10.0. The Labute approximate surface area is 117 Å². The van der Waals surface area contributed by atoms with Crippen molar-refractivity contribution in [2.24, 2.45) is 5.84 Å². The Balaban J connectivity index is 2.02. The van der Waals surface area contributed by atoms with Gasteiger partial charge in [-0.15, -0.1) is 0 Å². The first-order chi connectivity index (χ1) is 9.81. The number of aryl methyl sites for hydroxylation is 1. The van der Waals surface area contributed by atoms with Gasteiger partial charge in [-0.05, 0) is 29.8 Å². The summed E-state index contributed by atoms with van der Waals surface area (Å²) in [7, 11) is 0. The fourth-order valence-electron chi connectivity index (χ4n) is 2.35. The molecule has 1 atom stereocenters. The van der Waals surface area contributed by atoms with E-state index in [1.807, 2.05) is 42.5 Å². The SMILES string of the molecule is CCc1ccc(C(NN)c2ccc3cccnc3c2)o1. The first-order valence-corrected chi connectivity index (χ1v) is 6.71. The highest BCUT2D eigenvalue weighted by atomic mass is 16.3. The molecule has 102 valence electrons. The summed E-state index contributed by atoms with van der Waals surface area (Å²) in [4.78, 5) is 4.37. The molecule has 1 aromatic carbocycles. The molecule has 0 spiro atoms. The smallest absolute Gasteiger partial charge is 0.126 e. The molecule has 0 radical (unpaired) electrons. The van der Waals surface area contributed by atoms with E-state index in [4.69, 9.17) is 10.3 Å². The average molecular weight is 267 g/mol. The van der Waals surface area contributed by atoms with E-state index in [1.165, 1.54) is 0 Å². The molecule has 0 fully saturated rings. The Morgan fingerprint density at radius 1 is 1.25 bits per heavy atom. The lowest BCUT2D eigenvalue weighted by Crippen LogP contribution is -2.28. The fourth-order valence-corrected chi connectivity index (χ4v) is 2.35. The van der Waals surface area contributed by atoms with Crippen LogP contribution in [0.25, 0.3) is 10.9 Å². The number of rotatable bonds is 4. The number of fused-ring (bicyclic) bond motifs is 1. The number of hydrogen-bond acceptors (Lipinski definition) is 4. The molecular weight excluding hydrogens is 250 g/mol. The van der Waals surface area contributed by atoms with Gasteiger partial charge >= 0.3 is 0 Å². The summed E-state index contributed by atoms with van der Waals surface area (Å²) >= 11 is 0. The molecule has 4 heteroatoms. The van der Waals surface area contributed by atoms with Crippen molar-refractivity contribution in [1.82, 2.24) is 10.4 Å². The second-order valence-electron chi connectivity index (χ2n) is 4.71. The van der Waals surface area contributed by atoms with E-state index in [9.17, 15) is 0 Å². The van der Waals surface area contributed by atoms with Crippen LogP contribution in [0.4, 0.5) is 0 Å². The van der Waals surface area contributed by atoms with E-state index in [0.717, 1.165) is 34.4 Å². The Morgan fingerprint density at radius 3 is 2.90 bits per heavy atom. The first kappa shape index (κ1) is 12.8. The van der Waals surface area contributed by atoms with Gasteiger partial charge in [0.25, 0.3) is 0 Å². The molecule has 3 rings (SSSR count). The van der Waals surface area contributed by atoms with Crippen LogP contribution >= 0.6 is 0 Å². The summed E-state index contributed by atoms with van der Waals surface area (Å²) in [5.74, 6) is 7.48. The van der Waals surface area contributed by atoms with Gasteiger partial charge in [-0.25, -0.2) is 5.43 Å². The molecule has 0 aliphatic carbocycles. The Morgan fingerprint density at radius 2 is 2.15 bits per heavy atom. The van der Waals surface area contributed by atoms with Gasteiger partial charge in [-0.2, -0.15) is 0 Å². The third-order valence-corrected chi connectivity index (χ3v) is 3.45. The Hall–Kier alpha value is -2.17. The lowest BCUT2D eigenvalue weighted by molar-refractivity contribution is 0.426. The molecule has 1 unspecified atom stereocenters. The lowest BCUT2D eigenvalue weighted by Gasteiger charge is -2.14. The number of hydrazine groups is 1. The van der Waals surface area contributed by atoms with Crippen molar-refractivity contribution in [3.63, 3.8) is 0 Å². The van der Waals surface area contributed by atoms with Gasteiger partial charge in [0.1, 0.15) is 17.6 Å². The molecule has 0 aliphatic rings. The zero-order valence-electron chi connectivity index (χ0n) is 11.3. The zero-order valence-corrected chi connectivity index (χ0v) is 11.3. The van der Waals surface area contributed by atoms with Crippen molar-refractivity contribution in [2.75, 3.05) is 0 Å². The van der Waals surface area contributed by atoms with Crippen molar-refractivity contribution in [3.05, 3.63) is 65.7 Å². The minimum absolute atomic E-state index is 0.165. The van der Waals surface area contributed by atoms with Crippen LogP contribution < -0.4 is 11.3 Å². The summed E-state index contributed by atoms with van der Waals surface area (Å²) < 4.78 is 5.79. The van der Waals surface area contributed by atoms with E-state index < -0.39 is 0 Å². The molecule has 3 aromatic rings. The van der Waals surface area contributed by atoms with Crippen molar-refractivity contribution in [2.45, 2.75) is 19.4 Å². The minimum atomic E-state index is -0.165. The van der Waals surface area contributed by atoms with Gasteiger partial charge < -0.3 is 4.42 Å². The third kappa shape index (κ3) is 2.31. The van der Waals surface area contributed by atoms with Gasteiger partial charge in [-0.3, -0.25) is 10.8 Å². The molecule has 2 aromatic heterocycles. The number of benzene rings is 1. The van der Waals surface area contributed by atoms with Gasteiger partial charge in [0.2, 0.25) is 0 Å². The number of pyridine rings is 1. The standard InChI is InChI=1S/C16H17N3O/c1-2-13-7-8-15(20-13)16(19-17)12-6-5-11-4-3-9-18-14(11)10-12/h3-10,16,19H,2,17H2,1H3. The van der Waals surface area contributed by atoms with Crippen molar-refractivity contribution >= 4 is 10.9 Å². The third-order valence-electron chi connectivity index (χ3n) is 3.45. The quantitative estimate of drug-likeness (QED) is 0.563. The molecule has 20 heavy (non-hydrogen) atoms. The summed E-state index contributed by atoms with van der Waals surface area (Å²) in [6.45, 7) is 2.06. The molecule has 2 heterocycles. The zero-order chi connectivity index (χ0) is 13.9. The summed E-state index contributed by atoms with van der Waals surface area (Å²) in [6, 6.07) is 13.9. The van der Waals surface area contributed by atoms with Gasteiger partial charge in [0, 0.05) is 18.0 Å². The van der Waals surface area contributed by atoms with Crippen LogP contribution in [0.1, 0.15) is 30.0 Å².